The second-order valence-corrected chi connectivity index (χ2v) is 5.13. The average molecular weight is 326 g/mol. The third-order valence-corrected chi connectivity index (χ3v) is 3.59. The Kier molecular flexibility index (Phi) is 4.15. The molecule has 0 atom stereocenters. The maximum absolute atomic E-state index is 12.5. The molecule has 1 aromatic heterocycles. The van der Waals surface area contributed by atoms with Gasteiger partial charge in [0.1, 0.15) is 5.75 Å². The number of amides is 1. The van der Waals surface area contributed by atoms with Crippen LogP contribution in [0.2, 0.25) is 0 Å². The summed E-state index contributed by atoms with van der Waals surface area (Å²) in [5, 5.41) is 5.16. The molecule has 1 amide bonds. The van der Waals surface area contributed by atoms with E-state index in [1.165, 1.54) is 4.68 Å². The quantitative estimate of drug-likeness (QED) is 0.716. The second-order valence-electron chi connectivity index (χ2n) is 5.13. The molecule has 0 bridgehead atoms. The van der Waals surface area contributed by atoms with Gasteiger partial charge in [-0.3, -0.25) is 9.32 Å². The summed E-state index contributed by atoms with van der Waals surface area (Å²) in [5.41, 5.74) is 1.18. The number of ether oxygens (including phenoxy) is 1. The SMILES string of the molecule is COc1ccc(-[n+]2[nH]oc(=O)c2C(=O)Nc2ccccc2C)cc1. The van der Waals surface area contributed by atoms with Gasteiger partial charge in [-0.1, -0.05) is 18.2 Å². The van der Waals surface area contributed by atoms with E-state index in [4.69, 9.17) is 9.26 Å². The second kappa shape index (κ2) is 6.41. The summed E-state index contributed by atoms with van der Waals surface area (Å²) in [4.78, 5) is 24.5. The molecule has 0 spiro atoms. The Hall–Kier alpha value is -3.35. The van der Waals surface area contributed by atoms with Gasteiger partial charge in [-0.25, -0.2) is 4.79 Å². The summed E-state index contributed by atoms with van der Waals surface area (Å²) in [7, 11) is 1.56. The third-order valence-electron chi connectivity index (χ3n) is 3.59. The highest BCUT2D eigenvalue weighted by molar-refractivity contribution is 6.02. The van der Waals surface area contributed by atoms with Gasteiger partial charge in [-0.05, 0) is 40.6 Å². The Morgan fingerprint density at radius 1 is 1.17 bits per heavy atom. The molecule has 0 radical (unpaired) electrons. The molecule has 7 nitrogen and oxygen atoms in total. The van der Waals surface area contributed by atoms with E-state index in [1.807, 2.05) is 19.1 Å². The first-order valence-corrected chi connectivity index (χ1v) is 7.25. The van der Waals surface area contributed by atoms with Crippen molar-refractivity contribution in [2.24, 2.45) is 0 Å². The van der Waals surface area contributed by atoms with E-state index >= 15 is 0 Å². The molecule has 2 aromatic carbocycles. The van der Waals surface area contributed by atoms with Crippen molar-refractivity contribution >= 4 is 11.6 Å². The van der Waals surface area contributed by atoms with Crippen LogP contribution in [0.4, 0.5) is 5.69 Å². The number of methoxy groups -OCH3 is 1. The number of nitrogens with zero attached hydrogens (tertiary/aromatic N) is 1. The van der Waals surface area contributed by atoms with Crippen LogP contribution in [0.25, 0.3) is 5.69 Å². The van der Waals surface area contributed by atoms with E-state index in [0.29, 0.717) is 17.1 Å². The molecule has 0 unspecified atom stereocenters. The summed E-state index contributed by atoms with van der Waals surface area (Å²) < 4.78 is 11.2. The monoisotopic (exact) mass is 326 g/mol. The van der Waals surface area contributed by atoms with Gasteiger partial charge in [0.05, 0.1) is 7.11 Å². The Morgan fingerprint density at radius 3 is 2.54 bits per heavy atom. The van der Waals surface area contributed by atoms with Crippen molar-refractivity contribution in [3.05, 3.63) is 70.2 Å². The molecule has 0 fully saturated rings. The fourth-order valence-corrected chi connectivity index (χ4v) is 2.27. The van der Waals surface area contributed by atoms with Crippen LogP contribution in [-0.4, -0.2) is 18.3 Å². The number of aryl methyl sites for hydroxylation is 1. The number of nitrogens with one attached hydrogen (secondary N) is 2. The Bertz CT molecular complexity index is 926. The minimum atomic E-state index is -0.753. The number of aromatic amines is 1. The van der Waals surface area contributed by atoms with Crippen LogP contribution in [0, 0.1) is 6.92 Å². The van der Waals surface area contributed by atoms with Gasteiger partial charge in [0.2, 0.25) is 5.69 Å². The summed E-state index contributed by atoms with van der Waals surface area (Å²) in [6.45, 7) is 1.87. The maximum atomic E-state index is 12.5. The van der Waals surface area contributed by atoms with E-state index in [0.717, 1.165) is 5.56 Å². The lowest BCUT2D eigenvalue weighted by atomic mass is 10.2. The number of hydrogen-bond acceptors (Lipinski definition) is 4. The topological polar surface area (TPSA) is 88.2 Å². The number of carbonyl (C=O) groups is 1. The lowest BCUT2D eigenvalue weighted by Crippen LogP contribution is -2.42. The van der Waals surface area contributed by atoms with Gasteiger partial charge in [-0.15, -0.1) is 0 Å². The molecule has 0 aliphatic rings. The number of carbonyl (C=O) groups excluding carboxylic acids is 1. The fourth-order valence-electron chi connectivity index (χ4n) is 2.27. The van der Waals surface area contributed by atoms with Crippen molar-refractivity contribution in [1.29, 1.82) is 0 Å². The predicted molar refractivity (Wildman–Crippen MR) is 86.5 cm³/mol. The number of benzene rings is 2. The van der Waals surface area contributed by atoms with Crippen molar-refractivity contribution < 1.29 is 18.7 Å². The zero-order chi connectivity index (χ0) is 17.1. The lowest BCUT2D eigenvalue weighted by Gasteiger charge is -2.04. The molecule has 24 heavy (non-hydrogen) atoms. The molecule has 2 N–H and O–H groups in total. The first-order valence-electron chi connectivity index (χ1n) is 7.25. The van der Waals surface area contributed by atoms with Crippen molar-refractivity contribution in [3.63, 3.8) is 0 Å². The summed E-state index contributed by atoms with van der Waals surface area (Å²) in [6.07, 6.45) is 0. The first-order chi connectivity index (χ1) is 11.6. The molecular formula is C17H16N3O4+. The molecule has 0 saturated carbocycles. The minimum Gasteiger partial charge on any atom is -0.497 e. The van der Waals surface area contributed by atoms with E-state index in [-0.39, 0.29) is 5.69 Å². The van der Waals surface area contributed by atoms with Gasteiger partial charge < -0.3 is 10.1 Å². The summed E-state index contributed by atoms with van der Waals surface area (Å²) in [5.74, 6) is 0.103. The normalized spacial score (nSPS) is 10.4. The van der Waals surface area contributed by atoms with Crippen LogP contribution >= 0.6 is 0 Å². The Morgan fingerprint density at radius 2 is 1.88 bits per heavy atom. The largest absolute Gasteiger partial charge is 0.497 e. The smallest absolute Gasteiger partial charge is 0.441 e. The van der Waals surface area contributed by atoms with Gasteiger partial charge in [0.25, 0.3) is 0 Å². The molecular weight excluding hydrogens is 310 g/mol. The van der Waals surface area contributed by atoms with E-state index < -0.39 is 11.5 Å². The van der Waals surface area contributed by atoms with E-state index in [9.17, 15) is 9.59 Å². The third kappa shape index (κ3) is 2.91. The maximum Gasteiger partial charge on any atom is 0.441 e. The predicted octanol–water partition coefficient (Wildman–Crippen LogP) is 1.81. The fraction of sp³-hybridized carbons (Fsp3) is 0.118. The van der Waals surface area contributed by atoms with E-state index in [2.05, 4.69) is 10.6 Å². The summed E-state index contributed by atoms with van der Waals surface area (Å²) >= 11 is 0. The lowest BCUT2D eigenvalue weighted by molar-refractivity contribution is -0.672. The van der Waals surface area contributed by atoms with Gasteiger partial charge in [0.15, 0.2) is 0 Å². The molecule has 122 valence electrons. The Labute approximate surface area is 137 Å². The number of anilines is 1. The number of rotatable bonds is 4. The number of H-pyrrole nitrogens is 1. The molecule has 1 heterocycles. The van der Waals surface area contributed by atoms with Gasteiger partial charge in [-0.2, -0.15) is 0 Å². The van der Waals surface area contributed by atoms with Crippen LogP contribution in [0.3, 0.4) is 0 Å². The average Bonchev–Trinajstić information content (AvgIpc) is 2.98. The molecule has 0 aliphatic heterocycles. The van der Waals surface area contributed by atoms with Crippen LogP contribution in [-0.2, 0) is 0 Å². The highest BCUT2D eigenvalue weighted by Crippen LogP contribution is 2.14. The number of aromatic nitrogens is 2. The standard InChI is InChI=1S/C17H15N3O4/c1-11-5-3-4-6-14(11)18-16(21)15-17(22)24-19-20(15)12-7-9-13(23-2)10-8-12/h3-10H,1-2H3,(H-,18,19,21,22)/p+1. The molecule has 3 aromatic rings. The van der Waals surface area contributed by atoms with Crippen molar-refractivity contribution in [3.8, 4) is 11.4 Å². The minimum absolute atomic E-state index is 0.150. The van der Waals surface area contributed by atoms with Crippen LogP contribution < -0.4 is 20.4 Å². The van der Waals surface area contributed by atoms with E-state index in [1.54, 1.807) is 43.5 Å². The highest BCUT2D eigenvalue weighted by Gasteiger charge is 2.31. The molecule has 3 rings (SSSR count). The zero-order valence-electron chi connectivity index (χ0n) is 13.2. The van der Waals surface area contributed by atoms with Crippen LogP contribution in [0.1, 0.15) is 16.1 Å². The van der Waals surface area contributed by atoms with Gasteiger partial charge >= 0.3 is 17.2 Å². The Balaban J connectivity index is 1.96. The van der Waals surface area contributed by atoms with Crippen molar-refractivity contribution in [1.82, 2.24) is 5.27 Å². The molecule has 7 heteroatoms. The van der Waals surface area contributed by atoms with Crippen LogP contribution in [0.15, 0.2) is 57.8 Å². The zero-order valence-corrected chi connectivity index (χ0v) is 13.2. The van der Waals surface area contributed by atoms with Crippen LogP contribution in [0.5, 0.6) is 5.75 Å². The molecule has 0 aliphatic carbocycles. The summed E-state index contributed by atoms with van der Waals surface area (Å²) in [6, 6.07) is 14.1. The van der Waals surface area contributed by atoms with Crippen molar-refractivity contribution in [2.45, 2.75) is 6.92 Å². The number of para-hydroxylation sites is 1. The highest BCUT2D eigenvalue weighted by atomic mass is 16.5. The van der Waals surface area contributed by atoms with Gasteiger partial charge in [0, 0.05) is 17.8 Å². The molecule has 0 saturated heterocycles. The van der Waals surface area contributed by atoms with Crippen molar-refractivity contribution in [2.75, 3.05) is 12.4 Å². The number of hydrogen-bond donors (Lipinski definition) is 2. The first kappa shape index (κ1) is 15.5.